The van der Waals surface area contributed by atoms with Gasteiger partial charge in [0.05, 0.1) is 5.92 Å². The number of ether oxygens (including phenoxy) is 1. The molecule has 2 rings (SSSR count). The summed E-state index contributed by atoms with van der Waals surface area (Å²) in [5, 5.41) is 12.3. The SMILES string of the molecule is CC(C)(C)OC(=O)NC(CC[S@@](=O)CCC(c1ccc(-c2ccc(Cl)cc2Cl)cc1)C(F)(F)F)C(=O)O.P. The summed E-state index contributed by atoms with van der Waals surface area (Å²) in [4.78, 5) is 23.3. The van der Waals surface area contributed by atoms with E-state index < -0.39 is 53.0 Å². The topological polar surface area (TPSA) is 92.7 Å². The largest absolute Gasteiger partial charge is 0.480 e. The zero-order valence-electron chi connectivity index (χ0n) is 21.1. The van der Waals surface area contributed by atoms with E-state index in [-0.39, 0.29) is 33.4 Å². The number of nitrogens with one attached hydrogen (secondary N) is 1. The number of alkyl halides is 3. The lowest BCUT2D eigenvalue weighted by Crippen LogP contribution is -2.44. The fourth-order valence-electron chi connectivity index (χ4n) is 3.45. The molecule has 0 saturated carbocycles. The molecule has 13 heteroatoms. The standard InChI is InChI=1S/C25H28Cl2F3NO5S.H3P/c1-24(2,3)36-23(34)31-21(22(32)33)11-13-37(35)12-10-19(25(28,29)30)16-6-4-15(5-7-16)18-9-8-17(26)14-20(18)27;/h4-9,14,19,21H,10-13H2,1-3H3,(H,31,34)(H,32,33);1H3/t19?,21?,37-;/m0./s1. The highest BCUT2D eigenvalue weighted by Gasteiger charge is 2.40. The van der Waals surface area contributed by atoms with E-state index in [1.165, 1.54) is 30.3 Å². The normalized spacial score (nSPS) is 14.1. The number of hydrogen-bond donors (Lipinski definition) is 2. The first-order valence-electron chi connectivity index (χ1n) is 11.3. The molecule has 2 aromatic rings. The molecule has 0 radical (unpaired) electrons. The quantitative estimate of drug-likeness (QED) is 0.284. The summed E-state index contributed by atoms with van der Waals surface area (Å²) in [6.45, 7) is 4.82. The predicted molar refractivity (Wildman–Crippen MR) is 150 cm³/mol. The van der Waals surface area contributed by atoms with Crippen LogP contribution < -0.4 is 5.32 Å². The Balaban J connectivity index is 0.00000722. The molecule has 0 bridgehead atoms. The molecule has 4 atom stereocenters. The van der Waals surface area contributed by atoms with Gasteiger partial charge < -0.3 is 15.2 Å². The fraction of sp³-hybridized carbons (Fsp3) is 0.440. The van der Waals surface area contributed by atoms with E-state index in [1.807, 2.05) is 0 Å². The second kappa shape index (κ2) is 14.5. The summed E-state index contributed by atoms with van der Waals surface area (Å²) in [5.41, 5.74) is 0.401. The molecular weight excluding hydrogens is 585 g/mol. The second-order valence-electron chi connectivity index (χ2n) is 9.30. The van der Waals surface area contributed by atoms with Crippen LogP contribution in [0.3, 0.4) is 0 Å². The van der Waals surface area contributed by atoms with Crippen molar-refractivity contribution in [3.63, 3.8) is 0 Å². The van der Waals surface area contributed by atoms with E-state index in [2.05, 4.69) is 5.32 Å². The van der Waals surface area contributed by atoms with Crippen LogP contribution >= 0.6 is 33.1 Å². The lowest BCUT2D eigenvalue weighted by molar-refractivity contribution is -0.150. The van der Waals surface area contributed by atoms with Crippen LogP contribution in [-0.4, -0.2) is 50.7 Å². The first-order chi connectivity index (χ1) is 17.1. The molecule has 2 N–H and O–H groups in total. The van der Waals surface area contributed by atoms with Crippen molar-refractivity contribution in [3.05, 3.63) is 58.1 Å². The van der Waals surface area contributed by atoms with Crippen LogP contribution in [-0.2, 0) is 20.3 Å². The summed E-state index contributed by atoms with van der Waals surface area (Å²) in [6.07, 6.45) is -6.21. The van der Waals surface area contributed by atoms with Gasteiger partial charge >= 0.3 is 18.2 Å². The van der Waals surface area contributed by atoms with Gasteiger partial charge in [0.1, 0.15) is 11.6 Å². The lowest BCUT2D eigenvalue weighted by atomic mass is 9.93. The average molecular weight is 616 g/mol. The highest BCUT2D eigenvalue weighted by atomic mass is 35.5. The molecule has 0 aliphatic carbocycles. The molecule has 0 saturated heterocycles. The second-order valence-corrected chi connectivity index (χ2v) is 11.8. The average Bonchev–Trinajstić information content (AvgIpc) is 2.75. The fourth-order valence-corrected chi connectivity index (χ4v) is 5.16. The number of carbonyl (C=O) groups excluding carboxylic acids is 1. The summed E-state index contributed by atoms with van der Waals surface area (Å²) in [6, 6.07) is 9.22. The number of aliphatic carboxylic acids is 1. The van der Waals surface area contributed by atoms with E-state index in [0.29, 0.717) is 21.2 Å². The Labute approximate surface area is 235 Å². The Hall–Kier alpha value is -1.87. The summed E-state index contributed by atoms with van der Waals surface area (Å²) in [5.74, 6) is -3.72. The lowest BCUT2D eigenvalue weighted by Gasteiger charge is -2.22. The Morgan fingerprint density at radius 3 is 2.11 bits per heavy atom. The zero-order valence-corrected chi connectivity index (χ0v) is 24.9. The van der Waals surface area contributed by atoms with Crippen LogP contribution in [0.5, 0.6) is 0 Å². The molecule has 38 heavy (non-hydrogen) atoms. The van der Waals surface area contributed by atoms with Crippen LogP contribution in [0.1, 0.15) is 45.1 Å². The van der Waals surface area contributed by atoms with Crippen molar-refractivity contribution in [1.29, 1.82) is 0 Å². The van der Waals surface area contributed by atoms with E-state index in [0.717, 1.165) is 0 Å². The van der Waals surface area contributed by atoms with Gasteiger partial charge in [-0.1, -0.05) is 53.5 Å². The third-order valence-electron chi connectivity index (χ3n) is 5.21. The molecule has 212 valence electrons. The number of carboxylic acids is 1. The van der Waals surface area contributed by atoms with Crippen LogP contribution in [0.2, 0.25) is 10.0 Å². The molecule has 0 aliphatic rings. The molecule has 0 aliphatic heterocycles. The van der Waals surface area contributed by atoms with E-state index >= 15 is 0 Å². The van der Waals surface area contributed by atoms with Crippen LogP contribution in [0, 0.1) is 0 Å². The summed E-state index contributed by atoms with van der Waals surface area (Å²) < 4.78 is 58.9. The van der Waals surface area contributed by atoms with Gasteiger partial charge in [0.15, 0.2) is 0 Å². The Bertz CT molecular complexity index is 1130. The minimum Gasteiger partial charge on any atom is -0.480 e. The molecule has 0 heterocycles. The van der Waals surface area contributed by atoms with Crippen LogP contribution in [0.25, 0.3) is 11.1 Å². The Morgan fingerprint density at radius 1 is 1.03 bits per heavy atom. The van der Waals surface area contributed by atoms with Crippen LogP contribution in [0.4, 0.5) is 18.0 Å². The molecule has 1 amide bonds. The van der Waals surface area contributed by atoms with E-state index in [9.17, 15) is 32.1 Å². The molecule has 2 aromatic carbocycles. The number of carbonyl (C=O) groups is 2. The first kappa shape index (κ1) is 34.2. The van der Waals surface area contributed by atoms with Gasteiger partial charge in [-0.05, 0) is 56.9 Å². The van der Waals surface area contributed by atoms with Crippen molar-refractivity contribution in [2.45, 2.75) is 57.3 Å². The van der Waals surface area contributed by atoms with E-state index in [4.69, 9.17) is 27.9 Å². The summed E-state index contributed by atoms with van der Waals surface area (Å²) in [7, 11) is -1.75. The van der Waals surface area contributed by atoms with Gasteiger partial charge in [-0.25, -0.2) is 9.59 Å². The van der Waals surface area contributed by atoms with Crippen molar-refractivity contribution in [2.24, 2.45) is 0 Å². The molecular formula is C25H31Cl2F3NO5PS. The smallest absolute Gasteiger partial charge is 0.408 e. The molecule has 0 fully saturated rings. The molecule has 0 spiro atoms. The Morgan fingerprint density at radius 2 is 1.61 bits per heavy atom. The van der Waals surface area contributed by atoms with Gasteiger partial charge in [-0.15, -0.1) is 0 Å². The maximum Gasteiger partial charge on any atom is 0.408 e. The van der Waals surface area contributed by atoms with Crippen molar-refractivity contribution in [2.75, 3.05) is 11.5 Å². The summed E-state index contributed by atoms with van der Waals surface area (Å²) >= 11 is 12.1. The molecule has 3 unspecified atom stereocenters. The minimum atomic E-state index is -4.58. The first-order valence-corrected chi connectivity index (χ1v) is 13.5. The van der Waals surface area contributed by atoms with Crippen molar-refractivity contribution >= 4 is 56.0 Å². The maximum atomic E-state index is 13.8. The highest BCUT2D eigenvalue weighted by molar-refractivity contribution is 7.84. The van der Waals surface area contributed by atoms with Gasteiger partial charge in [0.2, 0.25) is 0 Å². The van der Waals surface area contributed by atoms with Gasteiger partial charge in [-0.2, -0.15) is 23.1 Å². The number of hydrogen-bond acceptors (Lipinski definition) is 4. The number of rotatable bonds is 10. The monoisotopic (exact) mass is 615 g/mol. The van der Waals surface area contributed by atoms with Crippen molar-refractivity contribution in [3.8, 4) is 11.1 Å². The van der Waals surface area contributed by atoms with Gasteiger partial charge in [0, 0.05) is 37.9 Å². The number of alkyl carbamates (subject to hydrolysis) is 1. The third-order valence-corrected chi connectivity index (χ3v) is 7.14. The highest BCUT2D eigenvalue weighted by Crippen LogP contribution is 2.39. The maximum absolute atomic E-state index is 13.8. The Kier molecular flexibility index (Phi) is 13.0. The van der Waals surface area contributed by atoms with Gasteiger partial charge in [0.25, 0.3) is 0 Å². The van der Waals surface area contributed by atoms with Crippen molar-refractivity contribution in [1.82, 2.24) is 5.32 Å². The van der Waals surface area contributed by atoms with Crippen LogP contribution in [0.15, 0.2) is 42.5 Å². The van der Waals surface area contributed by atoms with Gasteiger partial charge in [-0.3, -0.25) is 4.21 Å². The van der Waals surface area contributed by atoms with E-state index in [1.54, 1.807) is 32.9 Å². The molecule has 0 aromatic heterocycles. The number of amides is 1. The zero-order chi connectivity index (χ0) is 28.0. The number of carboxylic acid groups (broad SMARTS) is 1. The van der Waals surface area contributed by atoms with Crippen molar-refractivity contribution < 1.29 is 36.8 Å². The minimum absolute atomic E-state index is 0. The number of halogens is 5. The predicted octanol–water partition coefficient (Wildman–Crippen LogP) is 6.87. The third kappa shape index (κ3) is 11.1. The number of benzene rings is 2. The molecule has 6 nitrogen and oxygen atoms in total.